The third-order valence-electron chi connectivity index (χ3n) is 2.22. The number of carbonyl (C=O) groups is 1. The van der Waals surface area contributed by atoms with Gasteiger partial charge in [0.15, 0.2) is 0 Å². The fraction of sp³-hybridized carbons (Fsp3) is 0.0833. The summed E-state index contributed by atoms with van der Waals surface area (Å²) in [6, 6.07) is 7.96. The number of alkyl halides is 3. The number of hydrogen-bond donors (Lipinski definition) is 0. The van der Waals surface area contributed by atoms with Gasteiger partial charge in [0, 0.05) is 5.56 Å². The first-order valence-electron chi connectivity index (χ1n) is 4.74. The Morgan fingerprint density at radius 1 is 1.06 bits per heavy atom. The van der Waals surface area contributed by atoms with Crippen molar-refractivity contribution in [2.75, 3.05) is 0 Å². The number of ketones is 1. The standard InChI is InChI=1S/C12H7F3OS/c13-12(14,15)9-5-2-1-4-8(9)11(16)10-6-3-7-17-10/h1-7H. The van der Waals surface area contributed by atoms with Gasteiger partial charge in [-0.05, 0) is 17.5 Å². The van der Waals surface area contributed by atoms with Crippen LogP contribution >= 0.6 is 11.3 Å². The van der Waals surface area contributed by atoms with E-state index in [1.165, 1.54) is 24.3 Å². The van der Waals surface area contributed by atoms with Crippen LogP contribution in [0.15, 0.2) is 41.8 Å². The molecule has 0 atom stereocenters. The van der Waals surface area contributed by atoms with Crippen molar-refractivity contribution in [1.29, 1.82) is 0 Å². The number of rotatable bonds is 2. The largest absolute Gasteiger partial charge is 0.417 e. The Bertz CT molecular complexity index is 529. The van der Waals surface area contributed by atoms with Crippen LogP contribution in [0.2, 0.25) is 0 Å². The molecular weight excluding hydrogens is 249 g/mol. The molecule has 0 aliphatic heterocycles. The summed E-state index contributed by atoms with van der Waals surface area (Å²) < 4.78 is 38.1. The molecule has 0 aliphatic rings. The van der Waals surface area contributed by atoms with Crippen molar-refractivity contribution in [3.05, 3.63) is 57.8 Å². The molecule has 0 aliphatic carbocycles. The van der Waals surface area contributed by atoms with Gasteiger partial charge in [0.05, 0.1) is 10.4 Å². The van der Waals surface area contributed by atoms with Crippen LogP contribution in [-0.2, 0) is 6.18 Å². The molecular formula is C12H7F3OS. The van der Waals surface area contributed by atoms with Crippen LogP contribution in [0.25, 0.3) is 0 Å². The molecule has 0 saturated carbocycles. The number of halogens is 3. The summed E-state index contributed by atoms with van der Waals surface area (Å²) >= 11 is 1.13. The van der Waals surface area contributed by atoms with Crippen molar-refractivity contribution in [3.63, 3.8) is 0 Å². The Kier molecular flexibility index (Phi) is 3.02. The van der Waals surface area contributed by atoms with Crippen molar-refractivity contribution < 1.29 is 18.0 Å². The summed E-state index contributed by atoms with van der Waals surface area (Å²) in [4.78, 5) is 12.2. The van der Waals surface area contributed by atoms with Gasteiger partial charge in [-0.3, -0.25) is 4.79 Å². The zero-order chi connectivity index (χ0) is 12.5. The van der Waals surface area contributed by atoms with Gasteiger partial charge in [-0.25, -0.2) is 0 Å². The summed E-state index contributed by atoms with van der Waals surface area (Å²) in [6.07, 6.45) is -4.51. The topological polar surface area (TPSA) is 17.1 Å². The molecule has 0 saturated heterocycles. The Morgan fingerprint density at radius 3 is 2.35 bits per heavy atom. The highest BCUT2D eigenvalue weighted by Crippen LogP contribution is 2.33. The van der Waals surface area contributed by atoms with E-state index in [1.807, 2.05) is 0 Å². The quantitative estimate of drug-likeness (QED) is 0.742. The fourth-order valence-electron chi connectivity index (χ4n) is 1.47. The number of hydrogen-bond acceptors (Lipinski definition) is 2. The van der Waals surface area contributed by atoms with Crippen molar-refractivity contribution in [3.8, 4) is 0 Å². The van der Waals surface area contributed by atoms with E-state index < -0.39 is 17.5 Å². The summed E-state index contributed by atoms with van der Waals surface area (Å²) in [6.45, 7) is 0. The zero-order valence-electron chi connectivity index (χ0n) is 8.49. The minimum absolute atomic E-state index is 0.303. The number of carbonyl (C=O) groups excluding carboxylic acids is 1. The fourth-order valence-corrected chi connectivity index (χ4v) is 2.15. The molecule has 0 spiro atoms. The first kappa shape index (κ1) is 11.9. The third-order valence-corrected chi connectivity index (χ3v) is 3.09. The molecule has 1 aromatic carbocycles. The third kappa shape index (κ3) is 2.39. The van der Waals surface area contributed by atoms with Gasteiger partial charge in [-0.15, -0.1) is 11.3 Å². The van der Waals surface area contributed by atoms with E-state index in [9.17, 15) is 18.0 Å². The Hall–Kier alpha value is -1.62. The van der Waals surface area contributed by atoms with Gasteiger partial charge in [-0.2, -0.15) is 13.2 Å². The lowest BCUT2D eigenvalue weighted by atomic mass is 10.0. The molecule has 0 radical (unpaired) electrons. The van der Waals surface area contributed by atoms with E-state index in [0.717, 1.165) is 17.4 Å². The summed E-state index contributed by atoms with van der Waals surface area (Å²) in [5.41, 5.74) is -1.19. The molecule has 1 nitrogen and oxygen atoms in total. The predicted octanol–water partition coefficient (Wildman–Crippen LogP) is 4.00. The Balaban J connectivity index is 2.50. The Morgan fingerprint density at radius 2 is 1.76 bits per heavy atom. The molecule has 0 bridgehead atoms. The van der Waals surface area contributed by atoms with Crippen molar-refractivity contribution >= 4 is 17.1 Å². The maximum atomic E-state index is 12.7. The molecule has 2 rings (SSSR count). The first-order chi connectivity index (χ1) is 8.00. The maximum Gasteiger partial charge on any atom is 0.417 e. The highest BCUT2D eigenvalue weighted by atomic mass is 32.1. The van der Waals surface area contributed by atoms with Crippen LogP contribution in [0, 0.1) is 0 Å². The van der Waals surface area contributed by atoms with Crippen LogP contribution in [0.1, 0.15) is 20.8 Å². The van der Waals surface area contributed by atoms with E-state index in [4.69, 9.17) is 0 Å². The van der Waals surface area contributed by atoms with Crippen molar-refractivity contribution in [1.82, 2.24) is 0 Å². The van der Waals surface area contributed by atoms with Gasteiger partial charge in [0.25, 0.3) is 0 Å². The van der Waals surface area contributed by atoms with Gasteiger partial charge in [0.1, 0.15) is 0 Å². The van der Waals surface area contributed by atoms with E-state index >= 15 is 0 Å². The zero-order valence-corrected chi connectivity index (χ0v) is 9.31. The SMILES string of the molecule is O=C(c1cccs1)c1ccccc1C(F)(F)F. The number of benzene rings is 1. The monoisotopic (exact) mass is 256 g/mol. The molecule has 88 valence electrons. The minimum atomic E-state index is -4.51. The van der Waals surface area contributed by atoms with Crippen LogP contribution < -0.4 is 0 Å². The first-order valence-corrected chi connectivity index (χ1v) is 5.62. The molecule has 0 N–H and O–H groups in total. The van der Waals surface area contributed by atoms with Gasteiger partial charge in [-0.1, -0.05) is 24.3 Å². The normalized spacial score (nSPS) is 11.5. The summed E-state index contributed by atoms with van der Waals surface area (Å²) in [5, 5.41) is 1.66. The predicted molar refractivity (Wildman–Crippen MR) is 59.2 cm³/mol. The molecule has 5 heteroatoms. The van der Waals surface area contributed by atoms with Crippen LogP contribution in [-0.4, -0.2) is 5.78 Å². The molecule has 17 heavy (non-hydrogen) atoms. The maximum absolute atomic E-state index is 12.7. The highest BCUT2D eigenvalue weighted by molar-refractivity contribution is 7.12. The summed E-state index contributed by atoms with van der Waals surface area (Å²) in [5.74, 6) is -0.590. The molecule has 1 heterocycles. The van der Waals surface area contributed by atoms with E-state index in [2.05, 4.69) is 0 Å². The lowest BCUT2D eigenvalue weighted by Gasteiger charge is -2.10. The molecule has 2 aromatic rings. The second-order valence-electron chi connectivity index (χ2n) is 3.35. The van der Waals surface area contributed by atoms with E-state index in [-0.39, 0.29) is 5.56 Å². The van der Waals surface area contributed by atoms with Crippen molar-refractivity contribution in [2.24, 2.45) is 0 Å². The minimum Gasteiger partial charge on any atom is -0.288 e. The molecule has 0 unspecified atom stereocenters. The smallest absolute Gasteiger partial charge is 0.288 e. The highest BCUT2D eigenvalue weighted by Gasteiger charge is 2.35. The summed E-state index contributed by atoms with van der Waals surface area (Å²) in [7, 11) is 0. The van der Waals surface area contributed by atoms with Crippen molar-refractivity contribution in [2.45, 2.75) is 6.18 Å². The number of thiophene rings is 1. The van der Waals surface area contributed by atoms with E-state index in [0.29, 0.717) is 4.88 Å². The average Bonchev–Trinajstić information content (AvgIpc) is 2.80. The average molecular weight is 256 g/mol. The van der Waals surface area contributed by atoms with Gasteiger partial charge in [0.2, 0.25) is 5.78 Å². The van der Waals surface area contributed by atoms with E-state index in [1.54, 1.807) is 11.4 Å². The second-order valence-corrected chi connectivity index (χ2v) is 4.30. The lowest BCUT2D eigenvalue weighted by molar-refractivity contribution is -0.137. The second kappa shape index (κ2) is 4.33. The van der Waals surface area contributed by atoms with Gasteiger partial charge >= 0.3 is 6.18 Å². The van der Waals surface area contributed by atoms with Crippen LogP contribution in [0.4, 0.5) is 13.2 Å². The van der Waals surface area contributed by atoms with Crippen LogP contribution in [0.3, 0.4) is 0 Å². The lowest BCUT2D eigenvalue weighted by Crippen LogP contribution is -2.12. The molecule has 0 fully saturated rings. The molecule has 1 aromatic heterocycles. The molecule has 0 amide bonds. The van der Waals surface area contributed by atoms with Gasteiger partial charge < -0.3 is 0 Å². The Labute approximate surface area is 99.5 Å². The van der Waals surface area contributed by atoms with Crippen LogP contribution in [0.5, 0.6) is 0 Å².